The summed E-state index contributed by atoms with van der Waals surface area (Å²) in [5, 5.41) is 11.5. The first-order valence-electron chi connectivity index (χ1n) is 8.67. The number of hydrogen-bond acceptors (Lipinski definition) is 8. The SMILES string of the molecule is CCOC(=O)c1sc(NC(=O)[C@@H]2CCCN(c3ccc(Cl)nn3)C2)nc1C. The summed E-state index contributed by atoms with van der Waals surface area (Å²) in [6.07, 6.45) is 1.64. The predicted octanol–water partition coefficient (Wildman–Crippen LogP) is 2.93. The highest BCUT2D eigenvalue weighted by Crippen LogP contribution is 2.26. The molecule has 1 atom stereocenters. The fraction of sp³-hybridized carbons (Fsp3) is 0.471. The maximum atomic E-state index is 12.7. The van der Waals surface area contributed by atoms with Crippen molar-refractivity contribution in [1.29, 1.82) is 0 Å². The maximum absolute atomic E-state index is 12.7. The zero-order valence-corrected chi connectivity index (χ0v) is 16.6. The number of nitrogens with one attached hydrogen (secondary N) is 1. The number of amides is 1. The Labute approximate surface area is 165 Å². The minimum absolute atomic E-state index is 0.120. The van der Waals surface area contributed by atoms with E-state index in [0.29, 0.717) is 39.8 Å². The van der Waals surface area contributed by atoms with E-state index in [1.54, 1.807) is 26.0 Å². The van der Waals surface area contributed by atoms with Crippen LogP contribution in [-0.2, 0) is 9.53 Å². The van der Waals surface area contributed by atoms with Crippen molar-refractivity contribution in [2.75, 3.05) is 29.9 Å². The molecular formula is C17H20ClN5O3S. The quantitative estimate of drug-likeness (QED) is 0.758. The molecule has 1 aliphatic rings. The monoisotopic (exact) mass is 409 g/mol. The van der Waals surface area contributed by atoms with E-state index in [4.69, 9.17) is 16.3 Å². The number of carbonyl (C=O) groups is 2. The van der Waals surface area contributed by atoms with E-state index in [-0.39, 0.29) is 11.8 Å². The van der Waals surface area contributed by atoms with Gasteiger partial charge in [0.05, 0.1) is 18.2 Å². The number of esters is 1. The van der Waals surface area contributed by atoms with Gasteiger partial charge in [0.2, 0.25) is 5.91 Å². The van der Waals surface area contributed by atoms with Crippen molar-refractivity contribution in [3.05, 3.63) is 27.9 Å². The maximum Gasteiger partial charge on any atom is 0.350 e. The number of anilines is 2. The Morgan fingerprint density at radius 2 is 2.22 bits per heavy atom. The van der Waals surface area contributed by atoms with Crippen molar-refractivity contribution in [3.8, 4) is 0 Å². The van der Waals surface area contributed by atoms with Crippen LogP contribution in [-0.4, -0.2) is 46.8 Å². The van der Waals surface area contributed by atoms with Crippen molar-refractivity contribution in [1.82, 2.24) is 15.2 Å². The van der Waals surface area contributed by atoms with Crippen LogP contribution < -0.4 is 10.2 Å². The first-order chi connectivity index (χ1) is 13.0. The molecule has 2 aromatic rings. The van der Waals surface area contributed by atoms with Crippen LogP contribution in [0, 0.1) is 12.8 Å². The number of carbonyl (C=O) groups excluding carboxylic acids is 2. The number of rotatable bonds is 5. The van der Waals surface area contributed by atoms with Gasteiger partial charge in [0.15, 0.2) is 16.1 Å². The molecule has 0 bridgehead atoms. The van der Waals surface area contributed by atoms with Gasteiger partial charge in [-0.05, 0) is 38.8 Å². The third kappa shape index (κ3) is 4.72. The number of thiazole rings is 1. The lowest BCUT2D eigenvalue weighted by Crippen LogP contribution is -2.41. The van der Waals surface area contributed by atoms with Gasteiger partial charge in [-0.3, -0.25) is 4.79 Å². The molecular weight excluding hydrogens is 390 g/mol. The molecule has 10 heteroatoms. The molecule has 0 spiro atoms. The summed E-state index contributed by atoms with van der Waals surface area (Å²) in [4.78, 5) is 31.3. The van der Waals surface area contributed by atoms with Crippen LogP contribution in [0.2, 0.25) is 5.15 Å². The minimum atomic E-state index is -0.418. The normalized spacial score (nSPS) is 16.9. The van der Waals surface area contributed by atoms with Gasteiger partial charge in [-0.15, -0.1) is 10.2 Å². The second kappa shape index (κ2) is 8.62. The van der Waals surface area contributed by atoms with Crippen molar-refractivity contribution in [3.63, 3.8) is 0 Å². The first kappa shape index (κ1) is 19.5. The molecule has 0 unspecified atom stereocenters. The molecule has 27 heavy (non-hydrogen) atoms. The molecule has 0 aliphatic carbocycles. The van der Waals surface area contributed by atoms with Crippen LogP contribution in [0.1, 0.15) is 35.1 Å². The molecule has 1 fully saturated rings. The average Bonchev–Trinajstić information content (AvgIpc) is 3.03. The van der Waals surface area contributed by atoms with Crippen molar-refractivity contribution in [2.45, 2.75) is 26.7 Å². The molecule has 1 amide bonds. The van der Waals surface area contributed by atoms with E-state index in [9.17, 15) is 9.59 Å². The van der Waals surface area contributed by atoms with E-state index < -0.39 is 5.97 Å². The third-order valence-electron chi connectivity index (χ3n) is 4.22. The second-order valence-electron chi connectivity index (χ2n) is 6.14. The van der Waals surface area contributed by atoms with Gasteiger partial charge in [-0.1, -0.05) is 22.9 Å². The lowest BCUT2D eigenvalue weighted by Gasteiger charge is -2.32. The van der Waals surface area contributed by atoms with Gasteiger partial charge in [0, 0.05) is 13.1 Å². The zero-order valence-electron chi connectivity index (χ0n) is 15.1. The molecule has 8 nitrogen and oxygen atoms in total. The second-order valence-corrected chi connectivity index (χ2v) is 7.53. The molecule has 1 saturated heterocycles. The van der Waals surface area contributed by atoms with Gasteiger partial charge in [-0.2, -0.15) is 0 Å². The standard InChI is InChI=1S/C17H20ClN5O3S/c1-3-26-16(25)14-10(2)19-17(27-14)20-15(24)11-5-4-8-23(9-11)13-7-6-12(18)21-22-13/h6-7,11H,3-5,8-9H2,1-2H3,(H,19,20,24)/t11-/m1/s1. The van der Waals surface area contributed by atoms with Gasteiger partial charge >= 0.3 is 5.97 Å². The van der Waals surface area contributed by atoms with Gasteiger partial charge in [0.1, 0.15) is 4.88 Å². The van der Waals surface area contributed by atoms with Crippen molar-refractivity contribution in [2.24, 2.45) is 5.92 Å². The van der Waals surface area contributed by atoms with Crippen LogP contribution in [0.15, 0.2) is 12.1 Å². The number of piperidine rings is 1. The van der Waals surface area contributed by atoms with E-state index in [1.807, 2.05) is 4.90 Å². The third-order valence-corrected chi connectivity index (χ3v) is 5.48. The van der Waals surface area contributed by atoms with Crippen LogP contribution in [0.4, 0.5) is 10.9 Å². The fourth-order valence-corrected chi connectivity index (χ4v) is 3.88. The smallest absolute Gasteiger partial charge is 0.350 e. The molecule has 1 N–H and O–H groups in total. The first-order valence-corrected chi connectivity index (χ1v) is 9.87. The Hall–Kier alpha value is -2.26. The van der Waals surface area contributed by atoms with E-state index >= 15 is 0 Å². The number of halogens is 1. The summed E-state index contributed by atoms with van der Waals surface area (Å²) in [7, 11) is 0. The van der Waals surface area contributed by atoms with E-state index in [2.05, 4.69) is 20.5 Å². The van der Waals surface area contributed by atoms with Gasteiger partial charge < -0.3 is 15.0 Å². The Kier molecular flexibility index (Phi) is 6.22. The summed E-state index contributed by atoms with van der Waals surface area (Å²) < 4.78 is 5.00. The average molecular weight is 410 g/mol. The summed E-state index contributed by atoms with van der Waals surface area (Å²) >= 11 is 6.91. The summed E-state index contributed by atoms with van der Waals surface area (Å²) in [5.41, 5.74) is 0.551. The lowest BCUT2D eigenvalue weighted by atomic mass is 9.97. The molecule has 3 rings (SSSR count). The molecule has 2 aromatic heterocycles. The highest BCUT2D eigenvalue weighted by Gasteiger charge is 2.28. The Bertz CT molecular complexity index is 826. The highest BCUT2D eigenvalue weighted by molar-refractivity contribution is 7.17. The summed E-state index contributed by atoms with van der Waals surface area (Å²) in [6.45, 7) is 5.11. The van der Waals surface area contributed by atoms with E-state index in [0.717, 1.165) is 30.7 Å². The summed E-state index contributed by atoms with van der Waals surface area (Å²) in [5.74, 6) is -0.0398. The Morgan fingerprint density at radius 1 is 1.41 bits per heavy atom. The number of aryl methyl sites for hydroxylation is 1. The predicted molar refractivity (Wildman–Crippen MR) is 103 cm³/mol. The molecule has 1 aliphatic heterocycles. The number of nitrogens with zero attached hydrogens (tertiary/aromatic N) is 4. The van der Waals surface area contributed by atoms with Crippen LogP contribution in [0.5, 0.6) is 0 Å². The molecule has 144 valence electrons. The topological polar surface area (TPSA) is 97.3 Å². The number of hydrogen-bond donors (Lipinski definition) is 1. The minimum Gasteiger partial charge on any atom is -0.462 e. The lowest BCUT2D eigenvalue weighted by molar-refractivity contribution is -0.120. The summed E-state index contributed by atoms with van der Waals surface area (Å²) in [6, 6.07) is 3.48. The van der Waals surface area contributed by atoms with Gasteiger partial charge in [-0.25, -0.2) is 9.78 Å². The number of ether oxygens (including phenoxy) is 1. The largest absolute Gasteiger partial charge is 0.462 e. The van der Waals surface area contributed by atoms with Crippen LogP contribution in [0.3, 0.4) is 0 Å². The Morgan fingerprint density at radius 3 is 2.93 bits per heavy atom. The fourth-order valence-electron chi connectivity index (χ4n) is 2.92. The highest BCUT2D eigenvalue weighted by atomic mass is 35.5. The Balaban J connectivity index is 1.64. The van der Waals surface area contributed by atoms with Crippen LogP contribution >= 0.6 is 22.9 Å². The molecule has 0 saturated carbocycles. The molecule has 0 aromatic carbocycles. The van der Waals surface area contributed by atoms with Crippen LogP contribution in [0.25, 0.3) is 0 Å². The van der Waals surface area contributed by atoms with Crippen molar-refractivity contribution < 1.29 is 14.3 Å². The van der Waals surface area contributed by atoms with Crippen molar-refractivity contribution >= 4 is 45.8 Å². The van der Waals surface area contributed by atoms with Gasteiger partial charge in [0.25, 0.3) is 0 Å². The molecule has 3 heterocycles. The van der Waals surface area contributed by atoms with E-state index in [1.165, 1.54) is 0 Å². The number of aromatic nitrogens is 3. The molecule has 0 radical (unpaired) electrons. The zero-order chi connectivity index (χ0) is 19.4.